The molecule has 1 saturated heterocycles. The van der Waals surface area contributed by atoms with Gasteiger partial charge in [-0.2, -0.15) is 0 Å². The van der Waals surface area contributed by atoms with Gasteiger partial charge >= 0.3 is 0 Å². The summed E-state index contributed by atoms with van der Waals surface area (Å²) in [4.78, 5) is 27.5. The van der Waals surface area contributed by atoms with Crippen molar-refractivity contribution in [3.05, 3.63) is 34.2 Å². The van der Waals surface area contributed by atoms with Crippen molar-refractivity contribution in [2.24, 2.45) is 13.0 Å². The van der Waals surface area contributed by atoms with Crippen LogP contribution in [0.1, 0.15) is 30.1 Å². The van der Waals surface area contributed by atoms with Gasteiger partial charge in [-0.25, -0.2) is 0 Å². The lowest BCUT2D eigenvalue weighted by atomic mass is 9.98. The van der Waals surface area contributed by atoms with Crippen LogP contribution in [0.2, 0.25) is 0 Å². The summed E-state index contributed by atoms with van der Waals surface area (Å²) in [5.74, 6) is 1.58. The Labute approximate surface area is 146 Å². The van der Waals surface area contributed by atoms with Gasteiger partial charge in [-0.15, -0.1) is 0 Å². The third-order valence-electron chi connectivity index (χ3n) is 4.99. The van der Waals surface area contributed by atoms with Gasteiger partial charge in [-0.05, 0) is 30.9 Å². The first kappa shape index (κ1) is 17.3. The van der Waals surface area contributed by atoms with E-state index in [-0.39, 0.29) is 11.5 Å². The first-order valence-corrected chi connectivity index (χ1v) is 8.51. The summed E-state index contributed by atoms with van der Waals surface area (Å²) in [6, 6.07) is 3.36. The molecule has 2 aromatic rings. The van der Waals surface area contributed by atoms with Gasteiger partial charge in [0.15, 0.2) is 11.5 Å². The smallest absolute Gasteiger partial charge is 0.258 e. The number of rotatable bonds is 3. The minimum Gasteiger partial charge on any atom is -0.493 e. The maximum absolute atomic E-state index is 13.1. The van der Waals surface area contributed by atoms with Crippen LogP contribution in [-0.2, 0) is 7.05 Å². The SMILES string of the molecule is COc1cc2c(C(=O)N3CCC(C)CC3)cn(C)c(=O)c2cc1OC. The molecule has 0 saturated carbocycles. The lowest BCUT2D eigenvalue weighted by Crippen LogP contribution is -2.38. The lowest BCUT2D eigenvalue weighted by molar-refractivity contribution is 0.0698. The molecule has 0 bridgehead atoms. The molecule has 3 rings (SSSR count). The highest BCUT2D eigenvalue weighted by molar-refractivity contribution is 6.07. The number of aryl methyl sites for hydroxylation is 1. The maximum Gasteiger partial charge on any atom is 0.258 e. The molecule has 6 nitrogen and oxygen atoms in total. The normalized spacial score (nSPS) is 15.4. The second-order valence-electron chi connectivity index (χ2n) is 6.69. The molecular formula is C19H24N2O4. The molecule has 6 heteroatoms. The molecule has 1 amide bonds. The van der Waals surface area contributed by atoms with Gasteiger partial charge in [-0.1, -0.05) is 6.92 Å². The molecule has 0 unspecified atom stereocenters. The van der Waals surface area contributed by atoms with Gasteiger partial charge in [0.2, 0.25) is 0 Å². The van der Waals surface area contributed by atoms with E-state index < -0.39 is 0 Å². The number of carbonyl (C=O) groups is 1. The zero-order chi connectivity index (χ0) is 18.1. The number of hydrogen-bond donors (Lipinski definition) is 0. The van der Waals surface area contributed by atoms with Crippen LogP contribution in [0.5, 0.6) is 11.5 Å². The average molecular weight is 344 g/mol. The fraction of sp³-hybridized carbons (Fsp3) is 0.474. The van der Waals surface area contributed by atoms with Crippen molar-refractivity contribution >= 4 is 16.7 Å². The fourth-order valence-corrected chi connectivity index (χ4v) is 3.34. The predicted molar refractivity (Wildman–Crippen MR) is 96.6 cm³/mol. The highest BCUT2D eigenvalue weighted by Gasteiger charge is 2.24. The van der Waals surface area contributed by atoms with Gasteiger partial charge in [-0.3, -0.25) is 9.59 Å². The number of carbonyl (C=O) groups excluding carboxylic acids is 1. The summed E-state index contributed by atoms with van der Waals surface area (Å²) in [5.41, 5.74) is 0.354. The Morgan fingerprint density at radius 3 is 2.20 bits per heavy atom. The van der Waals surface area contributed by atoms with E-state index in [2.05, 4.69) is 6.92 Å². The summed E-state index contributed by atoms with van der Waals surface area (Å²) in [6.45, 7) is 3.70. The number of nitrogens with zero attached hydrogens (tertiary/aromatic N) is 2. The minimum atomic E-state index is -0.167. The van der Waals surface area contributed by atoms with Crippen molar-refractivity contribution in [2.45, 2.75) is 19.8 Å². The Morgan fingerprint density at radius 1 is 1.08 bits per heavy atom. The highest BCUT2D eigenvalue weighted by Crippen LogP contribution is 2.33. The van der Waals surface area contributed by atoms with Crippen molar-refractivity contribution in [2.75, 3.05) is 27.3 Å². The third-order valence-corrected chi connectivity index (χ3v) is 4.99. The van der Waals surface area contributed by atoms with Gasteiger partial charge in [0.25, 0.3) is 11.5 Å². The fourth-order valence-electron chi connectivity index (χ4n) is 3.34. The Bertz CT molecular complexity index is 864. The van der Waals surface area contributed by atoms with Crippen LogP contribution in [0.3, 0.4) is 0 Å². The van der Waals surface area contributed by atoms with Crippen LogP contribution in [0, 0.1) is 5.92 Å². The maximum atomic E-state index is 13.1. The monoisotopic (exact) mass is 344 g/mol. The summed E-state index contributed by atoms with van der Waals surface area (Å²) < 4.78 is 12.1. The molecule has 0 N–H and O–H groups in total. The third kappa shape index (κ3) is 3.08. The Morgan fingerprint density at radius 2 is 1.64 bits per heavy atom. The van der Waals surface area contributed by atoms with E-state index >= 15 is 0 Å². The molecule has 0 aliphatic carbocycles. The van der Waals surface area contributed by atoms with Crippen molar-refractivity contribution in [1.29, 1.82) is 0 Å². The number of piperidine rings is 1. The van der Waals surface area contributed by atoms with Crippen LogP contribution in [-0.4, -0.2) is 42.7 Å². The first-order valence-electron chi connectivity index (χ1n) is 8.51. The molecule has 0 radical (unpaired) electrons. The zero-order valence-electron chi connectivity index (χ0n) is 15.2. The molecule has 134 valence electrons. The van der Waals surface area contributed by atoms with E-state index in [0.717, 1.165) is 25.9 Å². The van der Waals surface area contributed by atoms with Crippen LogP contribution >= 0.6 is 0 Å². The Kier molecular flexibility index (Phi) is 4.70. The van der Waals surface area contributed by atoms with Gasteiger partial charge in [0, 0.05) is 31.7 Å². The van der Waals surface area contributed by atoms with Crippen molar-refractivity contribution in [3.8, 4) is 11.5 Å². The molecule has 1 fully saturated rings. The van der Waals surface area contributed by atoms with Gasteiger partial charge < -0.3 is 18.9 Å². The molecule has 2 heterocycles. The molecule has 0 spiro atoms. The number of amides is 1. The second-order valence-corrected chi connectivity index (χ2v) is 6.69. The topological polar surface area (TPSA) is 60.8 Å². The average Bonchev–Trinajstić information content (AvgIpc) is 2.63. The number of likely N-dealkylation sites (tertiary alicyclic amines) is 1. The summed E-state index contributed by atoms with van der Waals surface area (Å²) >= 11 is 0. The van der Waals surface area contributed by atoms with E-state index in [0.29, 0.717) is 33.8 Å². The zero-order valence-corrected chi connectivity index (χ0v) is 15.2. The first-order chi connectivity index (χ1) is 12.0. The van der Waals surface area contributed by atoms with E-state index in [1.54, 1.807) is 25.4 Å². The van der Waals surface area contributed by atoms with Crippen molar-refractivity contribution < 1.29 is 14.3 Å². The lowest BCUT2D eigenvalue weighted by Gasteiger charge is -2.30. The number of fused-ring (bicyclic) bond motifs is 1. The Balaban J connectivity index is 2.15. The number of benzene rings is 1. The standard InChI is InChI=1S/C19H24N2O4/c1-12-5-7-21(8-6-12)19(23)15-11-20(2)18(22)14-10-17(25-4)16(24-3)9-13(14)15/h9-12H,5-8H2,1-4H3. The number of hydrogen-bond acceptors (Lipinski definition) is 4. The molecule has 0 atom stereocenters. The molecular weight excluding hydrogens is 320 g/mol. The number of aromatic nitrogens is 1. The highest BCUT2D eigenvalue weighted by atomic mass is 16.5. The summed E-state index contributed by atoms with van der Waals surface area (Å²) in [5, 5.41) is 1.06. The van der Waals surface area contributed by atoms with Gasteiger partial charge in [0.1, 0.15) is 0 Å². The van der Waals surface area contributed by atoms with Gasteiger partial charge in [0.05, 0.1) is 25.2 Å². The quantitative estimate of drug-likeness (QED) is 0.858. The summed E-state index contributed by atoms with van der Waals surface area (Å²) in [7, 11) is 4.73. The predicted octanol–water partition coefficient (Wildman–Crippen LogP) is 2.43. The van der Waals surface area contributed by atoms with E-state index in [4.69, 9.17) is 9.47 Å². The van der Waals surface area contributed by atoms with Crippen LogP contribution in [0.25, 0.3) is 10.8 Å². The molecule has 25 heavy (non-hydrogen) atoms. The van der Waals surface area contributed by atoms with Crippen LogP contribution in [0.4, 0.5) is 0 Å². The number of pyridine rings is 1. The second kappa shape index (κ2) is 6.78. The molecule has 1 aliphatic heterocycles. The van der Waals surface area contributed by atoms with E-state index in [1.165, 1.54) is 18.8 Å². The number of methoxy groups -OCH3 is 2. The van der Waals surface area contributed by atoms with Crippen molar-refractivity contribution in [3.63, 3.8) is 0 Å². The molecule has 1 aliphatic rings. The van der Waals surface area contributed by atoms with Crippen LogP contribution in [0.15, 0.2) is 23.1 Å². The van der Waals surface area contributed by atoms with E-state index in [9.17, 15) is 9.59 Å². The molecule has 1 aromatic carbocycles. The molecule has 1 aromatic heterocycles. The summed E-state index contributed by atoms with van der Waals surface area (Å²) in [6.07, 6.45) is 3.64. The van der Waals surface area contributed by atoms with Crippen LogP contribution < -0.4 is 15.0 Å². The number of ether oxygens (including phenoxy) is 2. The largest absolute Gasteiger partial charge is 0.493 e. The Hall–Kier alpha value is -2.50. The minimum absolute atomic E-state index is 0.0419. The van der Waals surface area contributed by atoms with Crippen molar-refractivity contribution in [1.82, 2.24) is 9.47 Å². The van der Waals surface area contributed by atoms with E-state index in [1.807, 2.05) is 4.90 Å².